The largest absolute Gasteiger partial charge is 0.456 e. The van der Waals surface area contributed by atoms with Crippen molar-refractivity contribution in [2.45, 2.75) is 0 Å². The molecule has 0 aliphatic rings. The Labute approximate surface area is 415 Å². The molecule has 10 aromatic carbocycles. The van der Waals surface area contributed by atoms with Crippen LogP contribution in [0.2, 0.25) is 0 Å². The number of fused-ring (bicyclic) bond motifs is 13. The Morgan fingerprint density at radius 2 is 0.986 bits per heavy atom. The van der Waals surface area contributed by atoms with Crippen LogP contribution in [0, 0.1) is 11.3 Å². The lowest BCUT2D eigenvalue weighted by Gasteiger charge is -2.13. The monoisotopic (exact) mass is 936 g/mol. The summed E-state index contributed by atoms with van der Waals surface area (Å²) < 4.78 is 13.3. The van der Waals surface area contributed by atoms with Crippen molar-refractivity contribution < 1.29 is 4.42 Å². The number of nitrogens with zero attached hydrogens (tertiary/aromatic N) is 6. The van der Waals surface area contributed by atoms with Gasteiger partial charge >= 0.3 is 0 Å². The molecule has 0 fully saturated rings. The Kier molecular flexibility index (Phi) is 8.76. The average Bonchev–Trinajstić information content (AvgIpc) is 4.20. The molecule has 0 unspecified atom stereocenters. The molecule has 0 radical (unpaired) electrons. The Hall–Kier alpha value is -9.68. The Bertz CT molecular complexity index is 4760. The van der Waals surface area contributed by atoms with E-state index in [0.29, 0.717) is 28.6 Å². The first-order valence-corrected chi connectivity index (χ1v) is 24.7. The molecule has 334 valence electrons. The first-order chi connectivity index (χ1) is 35.6. The van der Waals surface area contributed by atoms with Crippen molar-refractivity contribution in [3.8, 4) is 62.7 Å². The van der Waals surface area contributed by atoms with Crippen LogP contribution in [0.3, 0.4) is 0 Å². The zero-order valence-electron chi connectivity index (χ0n) is 38.3. The van der Waals surface area contributed by atoms with Gasteiger partial charge in [-0.25, -0.2) is 15.0 Å². The van der Waals surface area contributed by atoms with Crippen LogP contribution < -0.4 is 0 Å². The second-order valence-corrected chi connectivity index (χ2v) is 19.3. The molecule has 0 spiro atoms. The summed E-state index contributed by atoms with van der Waals surface area (Å²) in [6.07, 6.45) is 0. The number of furan rings is 1. The van der Waals surface area contributed by atoms with Crippen molar-refractivity contribution in [2.75, 3.05) is 0 Å². The molecule has 8 heteroatoms. The molecule has 7 nitrogen and oxygen atoms in total. The van der Waals surface area contributed by atoms with E-state index in [0.717, 1.165) is 105 Å². The van der Waals surface area contributed by atoms with E-state index in [4.69, 9.17) is 19.4 Å². The molecule has 0 aliphatic carbocycles. The summed E-state index contributed by atoms with van der Waals surface area (Å²) in [5.74, 6) is 1.59. The van der Waals surface area contributed by atoms with Gasteiger partial charge in [0.15, 0.2) is 17.5 Å². The van der Waals surface area contributed by atoms with Crippen molar-refractivity contribution >= 4 is 97.1 Å². The standard InChI is InChI=1S/C64H36N6OS/c65-37-43-34-41(63-66-62(40-24-22-39(23-25-40)38-12-2-1-3-13-38)67-64(68-63)42-27-33-59-51(35-42)47-16-7-11-21-58(47)72-59)26-30-52(43)70-53-18-8-4-14-45(53)48-29-31-55-60(61(48)70)49-17-5-9-19-54(49)69(55)44-28-32-57-50(36-44)46-15-6-10-20-56(46)71-57/h1-36H. The van der Waals surface area contributed by atoms with E-state index < -0.39 is 0 Å². The van der Waals surface area contributed by atoms with Crippen LogP contribution in [0.25, 0.3) is 142 Å². The van der Waals surface area contributed by atoms with Gasteiger partial charge < -0.3 is 13.6 Å². The summed E-state index contributed by atoms with van der Waals surface area (Å²) in [5.41, 5.74) is 12.9. The normalized spacial score (nSPS) is 11.9. The number of hydrogen-bond acceptors (Lipinski definition) is 6. The minimum atomic E-state index is 0.482. The van der Waals surface area contributed by atoms with Crippen molar-refractivity contribution in [3.63, 3.8) is 0 Å². The summed E-state index contributed by atoms with van der Waals surface area (Å²) in [6.45, 7) is 0. The molecule has 0 saturated heterocycles. The fourth-order valence-corrected chi connectivity index (χ4v) is 12.0. The maximum Gasteiger partial charge on any atom is 0.164 e. The van der Waals surface area contributed by atoms with E-state index in [2.05, 4.69) is 191 Å². The molecule has 0 N–H and O–H groups in total. The van der Waals surface area contributed by atoms with Crippen molar-refractivity contribution in [3.05, 3.63) is 224 Å². The molecule has 15 aromatic rings. The summed E-state index contributed by atoms with van der Waals surface area (Å²) >= 11 is 1.78. The number of nitriles is 1. The number of hydrogen-bond donors (Lipinski definition) is 0. The van der Waals surface area contributed by atoms with E-state index in [-0.39, 0.29) is 0 Å². The van der Waals surface area contributed by atoms with Gasteiger partial charge in [0.1, 0.15) is 17.2 Å². The topological polar surface area (TPSA) is 85.5 Å². The molecule has 0 bridgehead atoms. The van der Waals surface area contributed by atoms with Crippen LogP contribution in [-0.4, -0.2) is 24.1 Å². The summed E-state index contributed by atoms with van der Waals surface area (Å²) in [5, 5.41) is 20.2. The average molecular weight is 937 g/mol. The van der Waals surface area contributed by atoms with Crippen LogP contribution in [0.1, 0.15) is 5.56 Å². The molecule has 0 saturated carbocycles. The first kappa shape index (κ1) is 40.2. The number of para-hydroxylation sites is 3. The third-order valence-electron chi connectivity index (χ3n) is 14.2. The van der Waals surface area contributed by atoms with Crippen LogP contribution in [0.15, 0.2) is 223 Å². The van der Waals surface area contributed by atoms with Gasteiger partial charge in [-0.3, -0.25) is 0 Å². The SMILES string of the molecule is N#Cc1cc(-c2nc(-c3ccc(-c4ccccc4)cc3)nc(-c3ccc4sc5ccccc5c4c3)n2)ccc1-n1c2ccccc2c2ccc3c(c4ccccc4n3-c3ccc4oc5ccccc5c4c3)c21. The fourth-order valence-electron chi connectivity index (χ4n) is 10.9. The predicted molar refractivity (Wildman–Crippen MR) is 295 cm³/mol. The molecule has 0 amide bonds. The summed E-state index contributed by atoms with van der Waals surface area (Å²) in [7, 11) is 0. The minimum Gasteiger partial charge on any atom is -0.456 e. The summed E-state index contributed by atoms with van der Waals surface area (Å²) in [4.78, 5) is 15.5. The highest BCUT2D eigenvalue weighted by atomic mass is 32.1. The molecule has 0 atom stereocenters. The molecule has 5 aromatic heterocycles. The van der Waals surface area contributed by atoms with Crippen molar-refractivity contribution in [1.82, 2.24) is 24.1 Å². The number of benzene rings is 10. The molecular formula is C64H36N6OS. The zero-order chi connectivity index (χ0) is 47.4. The highest BCUT2D eigenvalue weighted by Crippen LogP contribution is 2.44. The Morgan fingerprint density at radius 1 is 0.389 bits per heavy atom. The molecule has 15 rings (SSSR count). The van der Waals surface area contributed by atoms with Gasteiger partial charge in [0.25, 0.3) is 0 Å². The number of rotatable bonds is 6. The van der Waals surface area contributed by atoms with E-state index >= 15 is 0 Å². The molecule has 72 heavy (non-hydrogen) atoms. The third-order valence-corrected chi connectivity index (χ3v) is 15.4. The van der Waals surface area contributed by atoms with E-state index in [9.17, 15) is 5.26 Å². The van der Waals surface area contributed by atoms with Crippen molar-refractivity contribution in [1.29, 1.82) is 5.26 Å². The maximum absolute atomic E-state index is 11.2. The second-order valence-electron chi connectivity index (χ2n) is 18.2. The lowest BCUT2D eigenvalue weighted by atomic mass is 10.0. The van der Waals surface area contributed by atoms with Gasteiger partial charge in [-0.05, 0) is 96.1 Å². The first-order valence-electron chi connectivity index (χ1n) is 23.9. The van der Waals surface area contributed by atoms with Gasteiger partial charge in [0.05, 0.1) is 33.3 Å². The lowest BCUT2D eigenvalue weighted by Crippen LogP contribution is -2.02. The number of thiophene rings is 1. The van der Waals surface area contributed by atoms with Gasteiger partial charge in [-0.1, -0.05) is 133 Å². The smallest absolute Gasteiger partial charge is 0.164 e. The van der Waals surface area contributed by atoms with Crippen LogP contribution in [0.5, 0.6) is 0 Å². The highest BCUT2D eigenvalue weighted by Gasteiger charge is 2.24. The van der Waals surface area contributed by atoms with E-state index in [1.54, 1.807) is 11.3 Å². The van der Waals surface area contributed by atoms with Gasteiger partial charge in [0.2, 0.25) is 0 Å². The van der Waals surface area contributed by atoms with Crippen LogP contribution in [0.4, 0.5) is 0 Å². The fraction of sp³-hybridized carbons (Fsp3) is 0. The maximum atomic E-state index is 11.2. The third kappa shape index (κ3) is 6.11. The van der Waals surface area contributed by atoms with Crippen molar-refractivity contribution in [2.24, 2.45) is 0 Å². The number of aromatic nitrogens is 5. The quantitative estimate of drug-likeness (QED) is 0.166. The minimum absolute atomic E-state index is 0.482. The van der Waals surface area contributed by atoms with Crippen LogP contribution in [-0.2, 0) is 0 Å². The van der Waals surface area contributed by atoms with Gasteiger partial charge in [-0.2, -0.15) is 5.26 Å². The van der Waals surface area contributed by atoms with E-state index in [1.165, 1.54) is 14.8 Å². The molecule has 5 heterocycles. The van der Waals surface area contributed by atoms with E-state index in [1.807, 2.05) is 42.5 Å². The second kappa shape index (κ2) is 15.7. The highest BCUT2D eigenvalue weighted by molar-refractivity contribution is 7.25. The van der Waals surface area contributed by atoms with Gasteiger partial charge in [0, 0.05) is 74.9 Å². The Balaban J connectivity index is 0.926. The predicted octanol–water partition coefficient (Wildman–Crippen LogP) is 16.9. The van der Waals surface area contributed by atoms with Gasteiger partial charge in [-0.15, -0.1) is 11.3 Å². The Morgan fingerprint density at radius 3 is 1.79 bits per heavy atom. The summed E-state index contributed by atoms with van der Waals surface area (Å²) in [6, 6.07) is 78.5. The van der Waals surface area contributed by atoms with Crippen LogP contribution >= 0.6 is 11.3 Å². The molecule has 0 aliphatic heterocycles. The lowest BCUT2D eigenvalue weighted by molar-refractivity contribution is 0.669. The molecular weight excluding hydrogens is 901 g/mol. The zero-order valence-corrected chi connectivity index (χ0v) is 39.1.